The summed E-state index contributed by atoms with van der Waals surface area (Å²) in [6, 6.07) is 20.8. The first kappa shape index (κ1) is 23.5. The summed E-state index contributed by atoms with van der Waals surface area (Å²) in [6.45, 7) is 7.99. The fraction of sp³-hybridized carbons (Fsp3) is 0.269. The van der Waals surface area contributed by atoms with Crippen LogP contribution in [-0.2, 0) is 16.6 Å². The van der Waals surface area contributed by atoms with Crippen LogP contribution in [0.3, 0.4) is 0 Å². The van der Waals surface area contributed by atoms with E-state index in [4.69, 9.17) is 0 Å². The number of carbonyl (C=O) groups excluding carboxylic acids is 1. The third-order valence-electron chi connectivity index (χ3n) is 5.56. The van der Waals surface area contributed by atoms with Gasteiger partial charge in [-0.1, -0.05) is 60.2 Å². The summed E-state index contributed by atoms with van der Waals surface area (Å²) in [5.41, 5.74) is 6.05. The lowest BCUT2D eigenvalue weighted by Gasteiger charge is -2.26. The Morgan fingerprint density at radius 1 is 0.906 bits per heavy atom. The monoisotopic (exact) mass is 450 g/mol. The predicted molar refractivity (Wildman–Crippen MR) is 130 cm³/mol. The topological polar surface area (TPSA) is 66.5 Å². The van der Waals surface area contributed by atoms with Gasteiger partial charge in [-0.3, -0.25) is 9.10 Å². The molecule has 3 rings (SSSR count). The normalized spacial score (nSPS) is 12.3. The van der Waals surface area contributed by atoms with E-state index in [2.05, 4.69) is 5.32 Å². The number of nitrogens with one attached hydrogen (secondary N) is 1. The molecule has 0 aliphatic carbocycles. The zero-order valence-electron chi connectivity index (χ0n) is 19.2. The van der Waals surface area contributed by atoms with Crippen molar-refractivity contribution in [2.45, 2.75) is 40.3 Å². The first-order chi connectivity index (χ1) is 15.1. The quantitative estimate of drug-likeness (QED) is 0.547. The fourth-order valence-corrected chi connectivity index (χ4v) is 4.71. The van der Waals surface area contributed by atoms with E-state index in [0.29, 0.717) is 11.3 Å². The minimum absolute atomic E-state index is 0.118. The van der Waals surface area contributed by atoms with E-state index in [1.54, 1.807) is 24.3 Å². The highest BCUT2D eigenvalue weighted by Gasteiger charge is 2.21. The molecule has 1 amide bonds. The summed E-state index contributed by atoms with van der Waals surface area (Å²) in [7, 11) is -3.48. The SMILES string of the molecule is Cc1ccc([C@H](C)NC(=O)c2ccc(CN(c3c(C)cccc3C)S(C)(=O)=O)cc2)cc1. The van der Waals surface area contributed by atoms with Gasteiger partial charge in [0.1, 0.15) is 0 Å². The number of sulfonamides is 1. The lowest BCUT2D eigenvalue weighted by atomic mass is 10.1. The second-order valence-corrected chi connectivity index (χ2v) is 10.2. The van der Waals surface area contributed by atoms with Gasteiger partial charge in [-0.15, -0.1) is 0 Å². The zero-order valence-corrected chi connectivity index (χ0v) is 20.0. The van der Waals surface area contributed by atoms with Crippen molar-refractivity contribution in [2.75, 3.05) is 10.6 Å². The van der Waals surface area contributed by atoms with Crippen LogP contribution in [0.5, 0.6) is 0 Å². The molecule has 0 saturated carbocycles. The van der Waals surface area contributed by atoms with E-state index >= 15 is 0 Å². The first-order valence-corrected chi connectivity index (χ1v) is 12.4. The van der Waals surface area contributed by atoms with Crippen LogP contribution in [0.1, 0.15) is 51.1 Å². The van der Waals surface area contributed by atoms with Crippen molar-refractivity contribution < 1.29 is 13.2 Å². The minimum Gasteiger partial charge on any atom is -0.346 e. The molecule has 0 bridgehead atoms. The van der Waals surface area contributed by atoms with Gasteiger partial charge in [0, 0.05) is 5.56 Å². The Kier molecular flexibility index (Phi) is 7.04. The Hall–Kier alpha value is -3.12. The molecule has 5 nitrogen and oxygen atoms in total. The Bertz CT molecular complexity index is 1180. The highest BCUT2D eigenvalue weighted by molar-refractivity contribution is 7.92. The molecule has 0 unspecified atom stereocenters. The number of hydrogen-bond acceptors (Lipinski definition) is 3. The Morgan fingerprint density at radius 2 is 1.47 bits per heavy atom. The lowest BCUT2D eigenvalue weighted by molar-refractivity contribution is 0.0940. The summed E-state index contributed by atoms with van der Waals surface area (Å²) >= 11 is 0. The number of para-hydroxylation sites is 1. The smallest absolute Gasteiger partial charge is 0.251 e. The van der Waals surface area contributed by atoms with E-state index in [1.165, 1.54) is 16.1 Å². The molecule has 0 aliphatic rings. The van der Waals surface area contributed by atoms with E-state index in [1.807, 2.05) is 70.2 Å². The van der Waals surface area contributed by atoms with Crippen LogP contribution in [0.4, 0.5) is 5.69 Å². The molecule has 0 heterocycles. The van der Waals surface area contributed by atoms with Crippen LogP contribution in [0, 0.1) is 20.8 Å². The standard InChI is InChI=1S/C26H30N2O3S/c1-18-9-13-23(14-10-18)21(4)27-26(29)24-15-11-22(12-16-24)17-28(32(5,30)31)25-19(2)7-6-8-20(25)3/h6-16,21H,17H2,1-5H3,(H,27,29)/t21-/m0/s1. The van der Waals surface area contributed by atoms with Crippen molar-refractivity contribution in [3.8, 4) is 0 Å². The highest BCUT2D eigenvalue weighted by atomic mass is 32.2. The Morgan fingerprint density at radius 3 is 2.00 bits per heavy atom. The molecule has 168 valence electrons. The van der Waals surface area contributed by atoms with Gasteiger partial charge in [-0.2, -0.15) is 0 Å². The molecular weight excluding hydrogens is 420 g/mol. The van der Waals surface area contributed by atoms with Crippen molar-refractivity contribution in [1.82, 2.24) is 5.32 Å². The van der Waals surface area contributed by atoms with E-state index < -0.39 is 10.0 Å². The average molecular weight is 451 g/mol. The number of nitrogens with zero attached hydrogens (tertiary/aromatic N) is 1. The maximum atomic E-state index is 12.7. The highest BCUT2D eigenvalue weighted by Crippen LogP contribution is 2.28. The van der Waals surface area contributed by atoms with Gasteiger partial charge in [-0.05, 0) is 62.1 Å². The molecule has 1 atom stereocenters. The van der Waals surface area contributed by atoms with Crippen molar-refractivity contribution in [2.24, 2.45) is 0 Å². The molecule has 1 N–H and O–H groups in total. The molecule has 6 heteroatoms. The van der Waals surface area contributed by atoms with Gasteiger partial charge >= 0.3 is 0 Å². The average Bonchev–Trinajstić information content (AvgIpc) is 2.73. The van der Waals surface area contributed by atoms with Crippen LogP contribution >= 0.6 is 0 Å². The van der Waals surface area contributed by atoms with Crippen LogP contribution < -0.4 is 9.62 Å². The summed E-state index contributed by atoms with van der Waals surface area (Å²) < 4.78 is 26.5. The first-order valence-electron chi connectivity index (χ1n) is 10.6. The van der Waals surface area contributed by atoms with E-state index in [9.17, 15) is 13.2 Å². The molecule has 0 radical (unpaired) electrons. The van der Waals surface area contributed by atoms with Crippen LogP contribution in [0.15, 0.2) is 66.7 Å². The second kappa shape index (κ2) is 9.57. The molecule has 0 aliphatic heterocycles. The van der Waals surface area contributed by atoms with E-state index in [0.717, 1.165) is 22.3 Å². The number of anilines is 1. The summed E-state index contributed by atoms with van der Waals surface area (Å²) in [5, 5.41) is 3.01. The molecule has 3 aromatic rings. The Labute approximate surface area is 191 Å². The molecule has 3 aromatic carbocycles. The van der Waals surface area contributed by atoms with Gasteiger partial charge in [0.05, 0.1) is 24.5 Å². The van der Waals surface area contributed by atoms with Crippen molar-refractivity contribution in [3.05, 3.63) is 100 Å². The van der Waals surface area contributed by atoms with Crippen molar-refractivity contribution in [3.63, 3.8) is 0 Å². The lowest BCUT2D eigenvalue weighted by Crippen LogP contribution is -2.30. The summed E-state index contributed by atoms with van der Waals surface area (Å²) in [5.74, 6) is -0.167. The number of aryl methyl sites for hydroxylation is 3. The van der Waals surface area contributed by atoms with Crippen LogP contribution in [-0.4, -0.2) is 20.6 Å². The fourth-order valence-electron chi connectivity index (χ4n) is 3.71. The van der Waals surface area contributed by atoms with Gasteiger partial charge in [-0.25, -0.2) is 8.42 Å². The second-order valence-electron chi connectivity index (χ2n) is 8.31. The molecule has 32 heavy (non-hydrogen) atoms. The Balaban J connectivity index is 1.76. The third-order valence-corrected chi connectivity index (χ3v) is 6.67. The van der Waals surface area contributed by atoms with Gasteiger partial charge in [0.25, 0.3) is 5.91 Å². The maximum Gasteiger partial charge on any atom is 0.251 e. The number of hydrogen-bond donors (Lipinski definition) is 1. The van der Waals surface area contributed by atoms with Crippen LogP contribution in [0.25, 0.3) is 0 Å². The molecule has 0 aromatic heterocycles. The predicted octanol–water partition coefficient (Wildman–Crippen LogP) is 5.07. The number of rotatable bonds is 7. The summed E-state index contributed by atoms with van der Waals surface area (Å²) in [4.78, 5) is 12.7. The van der Waals surface area contributed by atoms with Crippen molar-refractivity contribution >= 4 is 21.6 Å². The summed E-state index contributed by atoms with van der Waals surface area (Å²) in [6.07, 6.45) is 1.22. The van der Waals surface area contributed by atoms with Gasteiger partial charge in [0.2, 0.25) is 10.0 Å². The number of carbonyl (C=O) groups is 1. The maximum absolute atomic E-state index is 12.7. The molecule has 0 spiro atoms. The number of amides is 1. The molecular formula is C26H30N2O3S. The molecule has 0 fully saturated rings. The van der Waals surface area contributed by atoms with E-state index in [-0.39, 0.29) is 18.5 Å². The minimum atomic E-state index is -3.48. The number of benzene rings is 3. The van der Waals surface area contributed by atoms with Gasteiger partial charge in [0.15, 0.2) is 0 Å². The van der Waals surface area contributed by atoms with Gasteiger partial charge < -0.3 is 5.32 Å². The largest absolute Gasteiger partial charge is 0.346 e. The van der Waals surface area contributed by atoms with Crippen LogP contribution in [0.2, 0.25) is 0 Å². The third kappa shape index (κ3) is 5.56. The zero-order chi connectivity index (χ0) is 23.5. The molecule has 0 saturated heterocycles. The van der Waals surface area contributed by atoms with Crippen molar-refractivity contribution in [1.29, 1.82) is 0 Å².